The number of benzene rings is 2. The van der Waals surface area contributed by atoms with Gasteiger partial charge in [-0.2, -0.15) is 5.26 Å². The van der Waals surface area contributed by atoms with Gasteiger partial charge in [-0.15, -0.1) is 0 Å². The van der Waals surface area contributed by atoms with Gasteiger partial charge >= 0.3 is 0 Å². The Morgan fingerprint density at radius 2 is 2.10 bits per heavy atom. The number of fused-ring (bicyclic) bond motifs is 1. The van der Waals surface area contributed by atoms with Crippen LogP contribution in [0.5, 0.6) is 0 Å². The maximum Gasteiger partial charge on any atom is 0.171 e. The first-order valence-electron chi connectivity index (χ1n) is 5.78. The maximum absolute atomic E-state index is 9.14. The average Bonchev–Trinajstić information content (AvgIpc) is 2.80. The van der Waals surface area contributed by atoms with Crippen LogP contribution in [0.4, 0.5) is 5.69 Å². The molecule has 3 N–H and O–H groups in total. The summed E-state index contributed by atoms with van der Waals surface area (Å²) in [6, 6.07) is 13.3. The molecule has 0 fully saturated rings. The van der Waals surface area contributed by atoms with E-state index in [-0.39, 0.29) is 0 Å². The zero-order chi connectivity index (χ0) is 14.1. The number of nitrogens with two attached hydrogens (primary N) is 1. The molecule has 1 heterocycles. The summed E-state index contributed by atoms with van der Waals surface area (Å²) in [7, 11) is 0. The molecule has 0 amide bonds. The topological polar surface area (TPSA) is 78.5 Å². The number of nitrogens with zero attached hydrogens (tertiary/aromatic N) is 2. The molecule has 3 rings (SSSR count). The Morgan fingerprint density at radius 1 is 1.25 bits per heavy atom. The molecule has 1 aromatic heterocycles. The van der Waals surface area contributed by atoms with E-state index in [1.54, 1.807) is 6.07 Å². The largest absolute Gasteiger partial charge is 0.399 e. The van der Waals surface area contributed by atoms with Gasteiger partial charge in [-0.3, -0.25) is 0 Å². The van der Waals surface area contributed by atoms with Gasteiger partial charge in [-0.1, -0.05) is 27.7 Å². The number of halogens is 1. The average molecular weight is 345 g/mol. The van der Waals surface area contributed by atoms with Gasteiger partial charge in [0, 0.05) is 15.1 Å². The van der Waals surface area contributed by atoms with E-state index in [2.05, 4.69) is 32.0 Å². The number of imidazole rings is 1. The van der Waals surface area contributed by atoms with Gasteiger partial charge in [0.1, 0.15) is 6.07 Å². The van der Waals surface area contributed by atoms with E-state index in [1.165, 1.54) is 11.8 Å². The maximum atomic E-state index is 9.14. The van der Waals surface area contributed by atoms with Crippen LogP contribution in [0, 0.1) is 11.3 Å². The van der Waals surface area contributed by atoms with Gasteiger partial charge in [0.25, 0.3) is 0 Å². The van der Waals surface area contributed by atoms with E-state index < -0.39 is 0 Å². The van der Waals surface area contributed by atoms with E-state index in [9.17, 15) is 0 Å². The first kappa shape index (κ1) is 13.0. The fourth-order valence-corrected chi connectivity index (χ4v) is 3.26. The van der Waals surface area contributed by atoms with Crippen molar-refractivity contribution in [3.05, 3.63) is 46.4 Å². The number of nitrogen functional groups attached to an aromatic ring is 1. The fraction of sp³-hybridized carbons (Fsp3) is 0. The van der Waals surface area contributed by atoms with Gasteiger partial charge < -0.3 is 10.7 Å². The van der Waals surface area contributed by atoms with Crippen molar-refractivity contribution < 1.29 is 0 Å². The van der Waals surface area contributed by atoms with Crippen LogP contribution >= 0.6 is 27.7 Å². The Balaban J connectivity index is 2.01. The van der Waals surface area contributed by atoms with Crippen molar-refractivity contribution in [1.82, 2.24) is 9.97 Å². The lowest BCUT2D eigenvalue weighted by Gasteiger charge is -2.01. The summed E-state index contributed by atoms with van der Waals surface area (Å²) in [5.41, 5.74) is 8.81. The number of nitriles is 1. The minimum Gasteiger partial charge on any atom is -0.399 e. The van der Waals surface area contributed by atoms with E-state index in [0.717, 1.165) is 25.6 Å². The molecule has 0 aliphatic carbocycles. The third kappa shape index (κ3) is 2.50. The molecule has 0 spiro atoms. The SMILES string of the molecule is N#Cc1ccc(Br)cc1Sc1nc2ccc(N)cc2[nH]1. The molecule has 0 bridgehead atoms. The molecule has 0 saturated carbocycles. The predicted molar refractivity (Wildman–Crippen MR) is 83.5 cm³/mol. The zero-order valence-corrected chi connectivity index (χ0v) is 12.6. The van der Waals surface area contributed by atoms with Crippen LogP contribution in [0.25, 0.3) is 11.0 Å². The zero-order valence-electron chi connectivity index (χ0n) is 10.2. The number of H-pyrrole nitrogens is 1. The highest BCUT2D eigenvalue weighted by Crippen LogP contribution is 2.32. The van der Waals surface area contributed by atoms with E-state index in [0.29, 0.717) is 11.3 Å². The molecular weight excluding hydrogens is 336 g/mol. The van der Waals surface area contributed by atoms with Crippen molar-refractivity contribution in [2.24, 2.45) is 0 Å². The second-order valence-corrected chi connectivity index (χ2v) is 6.12. The monoisotopic (exact) mass is 344 g/mol. The number of aromatic amines is 1. The van der Waals surface area contributed by atoms with Crippen molar-refractivity contribution >= 4 is 44.4 Å². The van der Waals surface area contributed by atoms with Crippen LogP contribution in [-0.2, 0) is 0 Å². The van der Waals surface area contributed by atoms with Crippen LogP contribution in [0.1, 0.15) is 5.56 Å². The molecule has 20 heavy (non-hydrogen) atoms. The van der Waals surface area contributed by atoms with Crippen LogP contribution in [0.2, 0.25) is 0 Å². The lowest BCUT2D eigenvalue weighted by molar-refractivity contribution is 1.08. The Labute approximate surface area is 128 Å². The molecule has 0 atom stereocenters. The number of hydrogen-bond acceptors (Lipinski definition) is 4. The van der Waals surface area contributed by atoms with Crippen molar-refractivity contribution in [1.29, 1.82) is 5.26 Å². The van der Waals surface area contributed by atoms with Crippen LogP contribution < -0.4 is 5.73 Å². The molecule has 3 aromatic rings. The summed E-state index contributed by atoms with van der Waals surface area (Å²) in [6.07, 6.45) is 0. The Kier molecular flexibility index (Phi) is 3.38. The Bertz CT molecular complexity index is 835. The van der Waals surface area contributed by atoms with Gasteiger partial charge in [-0.25, -0.2) is 4.98 Å². The molecule has 0 aliphatic rings. The van der Waals surface area contributed by atoms with Gasteiger partial charge in [0.05, 0.1) is 16.6 Å². The normalized spacial score (nSPS) is 10.6. The second kappa shape index (κ2) is 5.19. The van der Waals surface area contributed by atoms with E-state index >= 15 is 0 Å². The Morgan fingerprint density at radius 3 is 2.90 bits per heavy atom. The molecule has 0 aliphatic heterocycles. The predicted octanol–water partition coefficient (Wildman–Crippen LogP) is 3.93. The molecule has 2 aromatic carbocycles. The number of nitrogens with one attached hydrogen (secondary N) is 1. The van der Waals surface area contributed by atoms with Gasteiger partial charge in [0.2, 0.25) is 0 Å². The number of rotatable bonds is 2. The third-order valence-corrected chi connectivity index (χ3v) is 4.19. The minimum absolute atomic E-state index is 0.623. The molecule has 0 unspecified atom stereocenters. The van der Waals surface area contributed by atoms with Crippen molar-refractivity contribution in [2.45, 2.75) is 10.1 Å². The highest BCUT2D eigenvalue weighted by Gasteiger charge is 2.09. The molecule has 6 heteroatoms. The number of anilines is 1. The molecule has 0 radical (unpaired) electrons. The standard InChI is InChI=1S/C14H9BrN4S/c15-9-2-1-8(7-16)13(5-9)20-14-18-11-4-3-10(17)6-12(11)19-14/h1-6H,17H2,(H,18,19). The lowest BCUT2D eigenvalue weighted by atomic mass is 10.2. The number of hydrogen-bond donors (Lipinski definition) is 2. The highest BCUT2D eigenvalue weighted by atomic mass is 79.9. The number of aromatic nitrogens is 2. The van der Waals surface area contributed by atoms with Crippen molar-refractivity contribution in [2.75, 3.05) is 5.73 Å². The van der Waals surface area contributed by atoms with Crippen LogP contribution in [-0.4, -0.2) is 9.97 Å². The third-order valence-electron chi connectivity index (χ3n) is 2.75. The smallest absolute Gasteiger partial charge is 0.171 e. The van der Waals surface area contributed by atoms with E-state index in [4.69, 9.17) is 11.0 Å². The summed E-state index contributed by atoms with van der Waals surface area (Å²) in [6.45, 7) is 0. The second-order valence-electron chi connectivity index (χ2n) is 4.17. The lowest BCUT2D eigenvalue weighted by Crippen LogP contribution is -1.83. The summed E-state index contributed by atoms with van der Waals surface area (Å²) in [5.74, 6) is 0. The Hall–Kier alpha value is -1.97. The molecular formula is C14H9BrN4S. The summed E-state index contributed by atoms with van der Waals surface area (Å²) < 4.78 is 0.930. The summed E-state index contributed by atoms with van der Waals surface area (Å²) in [4.78, 5) is 8.54. The van der Waals surface area contributed by atoms with Gasteiger partial charge in [0.15, 0.2) is 5.16 Å². The van der Waals surface area contributed by atoms with E-state index in [1.807, 2.05) is 30.3 Å². The molecule has 0 saturated heterocycles. The fourth-order valence-electron chi connectivity index (χ4n) is 1.83. The quantitative estimate of drug-likeness (QED) is 0.690. The first-order chi connectivity index (χ1) is 9.65. The van der Waals surface area contributed by atoms with Crippen molar-refractivity contribution in [3.8, 4) is 6.07 Å². The van der Waals surface area contributed by atoms with Crippen molar-refractivity contribution in [3.63, 3.8) is 0 Å². The summed E-state index contributed by atoms with van der Waals surface area (Å²) in [5, 5.41) is 9.87. The molecule has 98 valence electrons. The summed E-state index contributed by atoms with van der Waals surface area (Å²) >= 11 is 4.84. The molecule has 4 nitrogen and oxygen atoms in total. The first-order valence-corrected chi connectivity index (χ1v) is 7.39. The minimum atomic E-state index is 0.623. The van der Waals surface area contributed by atoms with Crippen LogP contribution in [0.15, 0.2) is 50.9 Å². The van der Waals surface area contributed by atoms with Gasteiger partial charge in [-0.05, 0) is 36.4 Å². The highest BCUT2D eigenvalue weighted by molar-refractivity contribution is 9.10. The van der Waals surface area contributed by atoms with Crippen LogP contribution in [0.3, 0.4) is 0 Å².